The molecule has 13 aromatic carbocycles. The second kappa shape index (κ2) is 24.9. The van der Waals surface area contributed by atoms with Crippen LogP contribution in [0, 0.1) is 18.8 Å². The van der Waals surface area contributed by atoms with Crippen LogP contribution >= 0.6 is 0 Å². The standard InChI is InChI=1S/C97H77N4O.Pt/c1-94(2,3)69-48-46-66(47-49-69)81-60-98-90(59-85(81)96(7,8)9)101-88-53-52-79-78-34-18-21-39-84(78)97(82-37-19-16-32-76(82)77-33-17-20-38-83(77)97)92(79)91(88)80-51-50-73(58-89(80)101)102-72-31-24-30-71(57-72)99-61-100(87-41-23-22-40-86(87)99)93-74(65-44-42-64(43-45-65)62-26-12-10-13-27-62)35-25-36-75(93)68-54-67(63-28-14-11-15-29-63)55-70(56-68)95(4,5)6;/h10-56,59-61H,1-9H3;/q-3;. The predicted molar refractivity (Wildman–Crippen MR) is 424 cm³/mol. The molecule has 0 bridgehead atoms. The van der Waals surface area contributed by atoms with Crippen molar-refractivity contribution in [1.82, 2.24) is 9.55 Å². The number of aromatic nitrogens is 2. The fraction of sp³-hybridized carbons (Fsp3) is 0.134. The number of pyridine rings is 1. The molecule has 2 aliphatic carbocycles. The molecule has 0 radical (unpaired) electrons. The summed E-state index contributed by atoms with van der Waals surface area (Å²) in [5, 5.41) is 2.24. The summed E-state index contributed by atoms with van der Waals surface area (Å²) < 4.78 is 9.52. The molecule has 504 valence electrons. The van der Waals surface area contributed by atoms with E-state index >= 15 is 0 Å². The van der Waals surface area contributed by atoms with Crippen LogP contribution in [0.4, 0.5) is 22.7 Å². The summed E-state index contributed by atoms with van der Waals surface area (Å²) in [5.74, 6) is 1.94. The maximum absolute atomic E-state index is 7.17. The Morgan fingerprint density at radius 3 is 1.51 bits per heavy atom. The van der Waals surface area contributed by atoms with E-state index in [1.165, 1.54) is 88.8 Å². The number of rotatable bonds is 10. The van der Waals surface area contributed by atoms with Crippen LogP contribution in [0.1, 0.15) is 101 Å². The van der Waals surface area contributed by atoms with Crippen molar-refractivity contribution in [2.75, 3.05) is 9.80 Å². The maximum atomic E-state index is 7.17. The van der Waals surface area contributed by atoms with Gasteiger partial charge in [-0.25, -0.2) is 4.98 Å². The van der Waals surface area contributed by atoms with Gasteiger partial charge in [0.25, 0.3) is 0 Å². The molecule has 0 amide bonds. The van der Waals surface area contributed by atoms with Gasteiger partial charge in [0.2, 0.25) is 0 Å². The van der Waals surface area contributed by atoms with Crippen molar-refractivity contribution in [1.29, 1.82) is 0 Å². The molecule has 1 aliphatic heterocycles. The molecule has 15 aromatic rings. The van der Waals surface area contributed by atoms with Crippen molar-refractivity contribution < 1.29 is 25.8 Å². The molecule has 0 saturated heterocycles. The molecule has 0 atom stereocenters. The van der Waals surface area contributed by atoms with Crippen LogP contribution in [0.15, 0.2) is 297 Å². The molecule has 0 N–H and O–H groups in total. The molecular formula is C97H77N4OPt-3. The fourth-order valence-corrected chi connectivity index (χ4v) is 16.5. The molecule has 5 nitrogen and oxygen atoms in total. The largest absolute Gasteiger partial charge is 0.509 e. The van der Waals surface area contributed by atoms with E-state index in [0.717, 1.165) is 78.4 Å². The normalized spacial score (nSPS) is 13.4. The van der Waals surface area contributed by atoms with E-state index in [1.807, 2.05) is 6.07 Å². The van der Waals surface area contributed by atoms with Crippen LogP contribution < -0.4 is 14.5 Å². The molecule has 3 aliphatic rings. The zero-order chi connectivity index (χ0) is 69.4. The van der Waals surface area contributed by atoms with E-state index < -0.39 is 5.41 Å². The Morgan fingerprint density at radius 1 is 0.379 bits per heavy atom. The first-order valence-electron chi connectivity index (χ1n) is 35.7. The first-order valence-corrected chi connectivity index (χ1v) is 35.7. The van der Waals surface area contributed by atoms with Crippen LogP contribution in [-0.4, -0.2) is 9.55 Å². The molecule has 18 rings (SSSR count). The number of nitrogens with zero attached hydrogens (tertiary/aromatic N) is 4. The van der Waals surface area contributed by atoms with Crippen LogP contribution in [0.25, 0.3) is 106 Å². The summed E-state index contributed by atoms with van der Waals surface area (Å²) in [5.41, 5.74) is 30.4. The van der Waals surface area contributed by atoms with Crippen molar-refractivity contribution in [3.8, 4) is 95.2 Å². The minimum Gasteiger partial charge on any atom is -0.509 e. The van der Waals surface area contributed by atoms with E-state index in [9.17, 15) is 0 Å². The van der Waals surface area contributed by atoms with E-state index in [4.69, 9.17) is 9.72 Å². The Morgan fingerprint density at radius 2 is 0.883 bits per heavy atom. The minimum atomic E-state index is -0.600. The predicted octanol–water partition coefficient (Wildman–Crippen LogP) is 25.5. The summed E-state index contributed by atoms with van der Waals surface area (Å²) in [7, 11) is 0. The number of hydrogen-bond donors (Lipinski definition) is 0. The monoisotopic (exact) mass is 1510 g/mol. The van der Waals surface area contributed by atoms with Gasteiger partial charge in [0.1, 0.15) is 5.82 Å². The quantitative estimate of drug-likeness (QED) is 0.128. The molecule has 0 saturated carbocycles. The van der Waals surface area contributed by atoms with Gasteiger partial charge >= 0.3 is 0 Å². The number of hydrogen-bond acceptors (Lipinski definition) is 4. The first kappa shape index (κ1) is 65.2. The molecule has 6 heteroatoms. The maximum Gasteiger partial charge on any atom is 0.135 e. The third-order valence-corrected chi connectivity index (χ3v) is 21.4. The van der Waals surface area contributed by atoms with Crippen molar-refractivity contribution in [2.24, 2.45) is 0 Å². The van der Waals surface area contributed by atoms with Gasteiger partial charge in [0.15, 0.2) is 0 Å². The number of fused-ring (bicyclic) bond motifs is 15. The third-order valence-electron chi connectivity index (χ3n) is 21.4. The first-order chi connectivity index (χ1) is 49.5. The van der Waals surface area contributed by atoms with Crippen LogP contribution in [0.3, 0.4) is 0 Å². The second-order valence-corrected chi connectivity index (χ2v) is 30.8. The smallest absolute Gasteiger partial charge is 0.135 e. The Bertz CT molecular complexity index is 5770. The molecule has 0 fully saturated rings. The Labute approximate surface area is 619 Å². The van der Waals surface area contributed by atoms with Gasteiger partial charge in [-0.3, -0.25) is 0 Å². The molecule has 0 unspecified atom stereocenters. The van der Waals surface area contributed by atoms with E-state index in [0.29, 0.717) is 11.5 Å². The van der Waals surface area contributed by atoms with Crippen molar-refractivity contribution in [3.63, 3.8) is 0 Å². The SMILES string of the molecule is CC(C)(C)c1ccc(-c2cnc(-n3c4[c-]c(Oc5[c-]c(N6[CH-]N(c7c(-c8ccc(-c9ccccc9)cc8)cccc7-c7cc(-c8ccccc8)cc(C(C)(C)C)c7)c7ccccc76)ccc5)ccc4c4c5c(ccc43)-c3ccccc3C53c4ccccc4-c4ccccc43)cc2C(C)(C)C)cc1.[Pt]. The fourth-order valence-electron chi connectivity index (χ4n) is 16.5. The van der Waals surface area contributed by atoms with Gasteiger partial charge in [-0.1, -0.05) is 298 Å². The summed E-state index contributed by atoms with van der Waals surface area (Å²) >= 11 is 0. The van der Waals surface area contributed by atoms with E-state index in [1.54, 1.807) is 0 Å². The average molecular weight is 1510 g/mol. The topological polar surface area (TPSA) is 33.5 Å². The molecule has 103 heavy (non-hydrogen) atoms. The minimum absolute atomic E-state index is 0. The summed E-state index contributed by atoms with van der Waals surface area (Å²) in [6.45, 7) is 22.9. The van der Waals surface area contributed by atoms with Crippen molar-refractivity contribution in [2.45, 2.75) is 84.0 Å². The van der Waals surface area contributed by atoms with Gasteiger partial charge in [0, 0.05) is 78.0 Å². The number of benzene rings is 13. The zero-order valence-corrected chi connectivity index (χ0v) is 61.7. The summed E-state index contributed by atoms with van der Waals surface area (Å²) in [6.07, 6.45) is 2.10. The second-order valence-electron chi connectivity index (χ2n) is 30.8. The number of ether oxygens (including phenoxy) is 1. The van der Waals surface area contributed by atoms with Gasteiger partial charge < -0.3 is 19.1 Å². The van der Waals surface area contributed by atoms with E-state index in [2.05, 4.69) is 387 Å². The third kappa shape index (κ3) is 10.8. The Balaban J connectivity index is 0.00000787. The van der Waals surface area contributed by atoms with Crippen LogP contribution in [-0.2, 0) is 42.7 Å². The summed E-state index contributed by atoms with van der Waals surface area (Å²) in [6, 6.07) is 115. The Hall–Kier alpha value is -11.1. The molecule has 3 heterocycles. The Kier molecular flexibility index (Phi) is 15.7. The van der Waals surface area contributed by atoms with Crippen LogP contribution in [0.2, 0.25) is 0 Å². The van der Waals surface area contributed by atoms with Gasteiger partial charge in [-0.2, -0.15) is 12.1 Å². The molecular weight excluding hydrogens is 1430 g/mol. The van der Waals surface area contributed by atoms with E-state index in [-0.39, 0.29) is 37.3 Å². The van der Waals surface area contributed by atoms with Gasteiger partial charge in [0.05, 0.1) is 5.41 Å². The molecule has 2 aromatic heterocycles. The van der Waals surface area contributed by atoms with Crippen LogP contribution in [0.5, 0.6) is 11.5 Å². The van der Waals surface area contributed by atoms with Crippen molar-refractivity contribution >= 4 is 44.6 Å². The zero-order valence-electron chi connectivity index (χ0n) is 59.4. The van der Waals surface area contributed by atoms with Gasteiger partial charge in [-0.15, -0.1) is 48.1 Å². The molecule has 1 spiro atoms. The number of para-hydroxylation sites is 3. The summed E-state index contributed by atoms with van der Waals surface area (Å²) in [4.78, 5) is 10.2. The number of anilines is 4. The van der Waals surface area contributed by atoms with Crippen molar-refractivity contribution in [3.05, 3.63) is 355 Å². The van der Waals surface area contributed by atoms with Gasteiger partial charge in [-0.05, 0) is 152 Å². The average Bonchev–Trinajstić information content (AvgIpc) is 1.49.